The third kappa shape index (κ3) is 4.41. The first kappa shape index (κ1) is 21.0. The number of rotatable bonds is 4. The molecule has 0 aromatic heterocycles. The summed E-state index contributed by atoms with van der Waals surface area (Å²) in [4.78, 5) is 32.4. The molecule has 0 fully saturated rings. The van der Waals surface area contributed by atoms with E-state index in [9.17, 15) is 14.0 Å². The molecule has 0 unspecified atom stereocenters. The van der Waals surface area contributed by atoms with Crippen LogP contribution >= 0.6 is 0 Å². The van der Waals surface area contributed by atoms with E-state index in [2.05, 4.69) is 10.4 Å². The Hall–Kier alpha value is -4.26. The van der Waals surface area contributed by atoms with E-state index >= 15 is 0 Å². The molecule has 0 bridgehead atoms. The van der Waals surface area contributed by atoms with Crippen LogP contribution in [-0.4, -0.2) is 36.8 Å². The highest BCUT2D eigenvalue weighted by atomic mass is 19.1. The third-order valence-electron chi connectivity index (χ3n) is 4.92. The van der Waals surface area contributed by atoms with Crippen molar-refractivity contribution in [2.24, 2.45) is 4.99 Å². The van der Waals surface area contributed by atoms with E-state index in [4.69, 9.17) is 0 Å². The maximum absolute atomic E-state index is 13.3. The van der Waals surface area contributed by atoms with Gasteiger partial charge in [0.15, 0.2) is 5.84 Å². The molecule has 160 valence electrons. The Morgan fingerprint density at radius 1 is 0.969 bits per heavy atom. The third-order valence-corrected chi connectivity index (χ3v) is 4.92. The van der Waals surface area contributed by atoms with Gasteiger partial charge in [-0.1, -0.05) is 42.5 Å². The smallest absolute Gasteiger partial charge is 0.288 e. The van der Waals surface area contributed by atoms with Gasteiger partial charge in [0.1, 0.15) is 11.5 Å². The molecule has 0 spiro atoms. The number of nitrogens with zero attached hydrogens (tertiary/aromatic N) is 3. The van der Waals surface area contributed by atoms with Crippen molar-refractivity contribution in [3.63, 3.8) is 0 Å². The molecule has 4 rings (SSSR count). The van der Waals surface area contributed by atoms with E-state index in [0.29, 0.717) is 5.56 Å². The molecule has 32 heavy (non-hydrogen) atoms. The van der Waals surface area contributed by atoms with Gasteiger partial charge in [-0.25, -0.2) is 9.38 Å². The van der Waals surface area contributed by atoms with Gasteiger partial charge >= 0.3 is 0 Å². The van der Waals surface area contributed by atoms with Crippen LogP contribution in [0.4, 0.5) is 10.1 Å². The zero-order chi connectivity index (χ0) is 22.7. The molecule has 1 aliphatic rings. The minimum absolute atomic E-state index is 0.171. The van der Waals surface area contributed by atoms with Crippen LogP contribution in [0.15, 0.2) is 89.6 Å². The molecule has 0 radical (unpaired) electrons. The molecule has 1 heterocycles. The second kappa shape index (κ2) is 8.85. The molecule has 3 aromatic carbocycles. The number of carbonyl (C=O) groups is 2. The van der Waals surface area contributed by atoms with Gasteiger partial charge in [-0.05, 0) is 48.0 Å². The fourth-order valence-electron chi connectivity index (χ4n) is 3.20. The highest BCUT2D eigenvalue weighted by molar-refractivity contribution is 6.18. The Morgan fingerprint density at radius 2 is 1.62 bits per heavy atom. The lowest BCUT2D eigenvalue weighted by atomic mass is 10.1. The Balaban J connectivity index is 1.74. The molecular formula is C25H21FN4O2. The molecule has 0 aliphatic carbocycles. The van der Waals surface area contributed by atoms with Gasteiger partial charge in [0.05, 0.1) is 0 Å². The highest BCUT2D eigenvalue weighted by Crippen LogP contribution is 2.20. The minimum Gasteiger partial charge on any atom is -0.378 e. The summed E-state index contributed by atoms with van der Waals surface area (Å²) in [5.41, 5.74) is 5.50. The molecule has 1 aliphatic heterocycles. The van der Waals surface area contributed by atoms with Gasteiger partial charge in [0.2, 0.25) is 0 Å². The largest absolute Gasteiger partial charge is 0.378 e. The monoisotopic (exact) mass is 428 g/mol. The lowest BCUT2D eigenvalue weighted by molar-refractivity contribution is -0.120. The first-order valence-corrected chi connectivity index (χ1v) is 9.96. The number of anilines is 1. The summed E-state index contributed by atoms with van der Waals surface area (Å²) in [5, 5.41) is 1.09. The number of hydrazine groups is 1. The topological polar surface area (TPSA) is 65.0 Å². The van der Waals surface area contributed by atoms with Crippen LogP contribution in [0.3, 0.4) is 0 Å². The Kier molecular flexibility index (Phi) is 5.81. The van der Waals surface area contributed by atoms with Crippen molar-refractivity contribution >= 4 is 29.4 Å². The second-order valence-electron chi connectivity index (χ2n) is 7.41. The van der Waals surface area contributed by atoms with E-state index in [1.807, 2.05) is 61.5 Å². The van der Waals surface area contributed by atoms with E-state index in [0.717, 1.165) is 16.3 Å². The quantitative estimate of drug-likeness (QED) is 0.642. The van der Waals surface area contributed by atoms with Gasteiger partial charge in [-0.3, -0.25) is 15.0 Å². The van der Waals surface area contributed by atoms with Crippen molar-refractivity contribution in [3.05, 3.63) is 107 Å². The average Bonchev–Trinajstić information content (AvgIpc) is 2.81. The summed E-state index contributed by atoms with van der Waals surface area (Å²) in [7, 11) is 3.90. The molecular weight excluding hydrogens is 407 g/mol. The van der Waals surface area contributed by atoms with Gasteiger partial charge in [0.25, 0.3) is 11.8 Å². The molecule has 2 amide bonds. The summed E-state index contributed by atoms with van der Waals surface area (Å²) in [6.45, 7) is 0. The molecule has 0 atom stereocenters. The zero-order valence-electron chi connectivity index (χ0n) is 17.6. The van der Waals surface area contributed by atoms with Crippen LogP contribution in [0.5, 0.6) is 0 Å². The maximum Gasteiger partial charge on any atom is 0.288 e. The first-order valence-electron chi connectivity index (χ1n) is 9.96. The van der Waals surface area contributed by atoms with Crippen LogP contribution in [-0.2, 0) is 4.79 Å². The van der Waals surface area contributed by atoms with Gasteiger partial charge < -0.3 is 4.90 Å². The number of carbonyl (C=O) groups excluding carboxylic acids is 2. The van der Waals surface area contributed by atoms with Gasteiger partial charge in [-0.2, -0.15) is 5.01 Å². The molecule has 3 aromatic rings. The van der Waals surface area contributed by atoms with Crippen molar-refractivity contribution < 1.29 is 14.0 Å². The van der Waals surface area contributed by atoms with Crippen molar-refractivity contribution in [3.8, 4) is 0 Å². The van der Waals surface area contributed by atoms with Gasteiger partial charge in [0, 0.05) is 30.9 Å². The molecule has 0 saturated heterocycles. The molecule has 0 saturated carbocycles. The van der Waals surface area contributed by atoms with Crippen molar-refractivity contribution in [1.82, 2.24) is 10.4 Å². The number of amidine groups is 1. The fraction of sp³-hybridized carbons (Fsp3) is 0.0800. The number of hydrogen-bond acceptors (Lipinski definition) is 4. The van der Waals surface area contributed by atoms with Crippen LogP contribution < -0.4 is 10.3 Å². The van der Waals surface area contributed by atoms with Crippen molar-refractivity contribution in [2.75, 3.05) is 19.0 Å². The van der Waals surface area contributed by atoms with Crippen molar-refractivity contribution in [2.45, 2.75) is 0 Å². The number of amides is 2. The summed E-state index contributed by atoms with van der Waals surface area (Å²) in [5.74, 6) is -1.21. The maximum atomic E-state index is 13.3. The number of halogens is 1. The predicted octanol–water partition coefficient (Wildman–Crippen LogP) is 3.87. The first-order chi connectivity index (χ1) is 15.4. The van der Waals surface area contributed by atoms with E-state index in [1.165, 1.54) is 24.3 Å². The number of benzene rings is 3. The van der Waals surface area contributed by atoms with E-state index in [-0.39, 0.29) is 17.1 Å². The lowest BCUT2D eigenvalue weighted by Crippen LogP contribution is -2.53. The summed E-state index contributed by atoms with van der Waals surface area (Å²) in [6, 6.07) is 21.9. The minimum atomic E-state index is -0.518. The normalized spacial score (nSPS) is 14.7. The summed E-state index contributed by atoms with van der Waals surface area (Å²) in [6.07, 6.45) is 1.66. The predicted molar refractivity (Wildman–Crippen MR) is 122 cm³/mol. The van der Waals surface area contributed by atoms with Crippen LogP contribution in [0, 0.1) is 5.82 Å². The average molecular weight is 428 g/mol. The van der Waals surface area contributed by atoms with E-state index < -0.39 is 17.6 Å². The standard InChI is InChI=1S/C25H21FN4O2/c1-29(2)21-14-8-17(9-15-21)16-22-24(31)28-30(23(27-22)18-6-4-3-5-7-18)25(32)19-10-12-20(26)13-11-19/h3-16H,1-2H3,(H,28,31)/b22-16+. The van der Waals surface area contributed by atoms with Crippen molar-refractivity contribution in [1.29, 1.82) is 0 Å². The summed E-state index contributed by atoms with van der Waals surface area (Å²) < 4.78 is 13.3. The van der Waals surface area contributed by atoms with Crippen LogP contribution in [0.2, 0.25) is 0 Å². The Bertz CT molecular complexity index is 1200. The summed E-state index contributed by atoms with van der Waals surface area (Å²) >= 11 is 0. The van der Waals surface area contributed by atoms with Gasteiger partial charge in [-0.15, -0.1) is 0 Å². The molecule has 6 nitrogen and oxygen atoms in total. The van der Waals surface area contributed by atoms with Crippen LogP contribution in [0.1, 0.15) is 21.5 Å². The fourth-order valence-corrected chi connectivity index (χ4v) is 3.20. The second-order valence-corrected chi connectivity index (χ2v) is 7.41. The lowest BCUT2D eigenvalue weighted by Gasteiger charge is -2.28. The number of nitrogens with one attached hydrogen (secondary N) is 1. The van der Waals surface area contributed by atoms with Crippen LogP contribution in [0.25, 0.3) is 6.08 Å². The molecule has 7 heteroatoms. The SMILES string of the molecule is CN(C)c1ccc(/C=C2/N=C(c3ccccc3)N(C(=O)c3ccc(F)cc3)NC2=O)cc1. The molecule has 1 N–H and O–H groups in total. The number of aliphatic imine (C=N–C) groups is 1. The Morgan fingerprint density at radius 3 is 2.25 bits per heavy atom. The highest BCUT2D eigenvalue weighted by Gasteiger charge is 2.30. The number of hydrogen-bond donors (Lipinski definition) is 1. The Labute approximate surface area is 185 Å². The zero-order valence-corrected chi connectivity index (χ0v) is 17.6. The van der Waals surface area contributed by atoms with E-state index in [1.54, 1.807) is 18.2 Å².